The molecule has 1 amide bonds. The largest absolute Gasteiger partial charge is 0.378 e. The third-order valence-corrected chi connectivity index (χ3v) is 5.64. The predicted molar refractivity (Wildman–Crippen MR) is 105 cm³/mol. The van der Waals surface area contributed by atoms with Crippen LogP contribution < -0.4 is 14.9 Å². The fourth-order valence-corrected chi connectivity index (χ4v) is 3.57. The number of sulfonamides is 1. The first kappa shape index (κ1) is 19.9. The molecular weight excluding hydrogens is 350 g/mol. The van der Waals surface area contributed by atoms with E-state index in [1.807, 2.05) is 50.2 Å². The Morgan fingerprint density at radius 2 is 1.62 bits per heavy atom. The van der Waals surface area contributed by atoms with Crippen molar-refractivity contribution >= 4 is 27.3 Å². The van der Waals surface area contributed by atoms with E-state index in [2.05, 4.69) is 10.0 Å². The van der Waals surface area contributed by atoms with Crippen molar-refractivity contribution in [2.24, 2.45) is 0 Å². The van der Waals surface area contributed by atoms with Crippen LogP contribution in [0.1, 0.15) is 30.6 Å². The van der Waals surface area contributed by atoms with Crippen molar-refractivity contribution < 1.29 is 13.2 Å². The molecular formula is C19H25N3O3S. The molecule has 2 N–H and O–H groups in total. The van der Waals surface area contributed by atoms with E-state index >= 15 is 0 Å². The van der Waals surface area contributed by atoms with Crippen LogP contribution >= 0.6 is 0 Å². The lowest BCUT2D eigenvalue weighted by molar-refractivity contribution is 0.102. The van der Waals surface area contributed by atoms with E-state index in [9.17, 15) is 13.2 Å². The van der Waals surface area contributed by atoms with Gasteiger partial charge in [-0.1, -0.05) is 6.92 Å². The zero-order chi connectivity index (χ0) is 19.3. The minimum atomic E-state index is -3.57. The van der Waals surface area contributed by atoms with Gasteiger partial charge in [-0.3, -0.25) is 4.79 Å². The molecule has 1 unspecified atom stereocenters. The molecule has 0 radical (unpaired) electrons. The number of hydrogen-bond donors (Lipinski definition) is 2. The highest BCUT2D eigenvalue weighted by atomic mass is 32.2. The summed E-state index contributed by atoms with van der Waals surface area (Å²) >= 11 is 0. The van der Waals surface area contributed by atoms with Crippen molar-refractivity contribution in [3.63, 3.8) is 0 Å². The van der Waals surface area contributed by atoms with Gasteiger partial charge in [0.2, 0.25) is 10.0 Å². The molecule has 0 saturated carbocycles. The summed E-state index contributed by atoms with van der Waals surface area (Å²) in [6.07, 6.45) is 0.701. The molecule has 0 fully saturated rings. The standard InChI is InChI=1S/C19H25N3O3S/c1-5-14(2)21-26(24,25)18-12-6-15(7-13-18)19(23)20-16-8-10-17(11-9-16)22(3)4/h6-14,21H,5H2,1-4H3,(H,20,23). The van der Waals surface area contributed by atoms with Crippen molar-refractivity contribution in [1.82, 2.24) is 4.72 Å². The van der Waals surface area contributed by atoms with Crippen LogP contribution in [0.2, 0.25) is 0 Å². The van der Waals surface area contributed by atoms with Gasteiger partial charge in [-0.05, 0) is 61.9 Å². The monoisotopic (exact) mass is 375 g/mol. The number of hydrogen-bond acceptors (Lipinski definition) is 4. The Kier molecular flexibility index (Phi) is 6.39. The quantitative estimate of drug-likeness (QED) is 0.779. The fraction of sp³-hybridized carbons (Fsp3) is 0.316. The molecule has 0 spiro atoms. The summed E-state index contributed by atoms with van der Waals surface area (Å²) in [4.78, 5) is 14.4. The van der Waals surface area contributed by atoms with E-state index in [1.54, 1.807) is 6.92 Å². The van der Waals surface area contributed by atoms with E-state index in [-0.39, 0.29) is 16.8 Å². The minimum Gasteiger partial charge on any atom is -0.378 e. The van der Waals surface area contributed by atoms with E-state index < -0.39 is 10.0 Å². The molecule has 6 nitrogen and oxygen atoms in total. The van der Waals surface area contributed by atoms with Crippen LogP contribution in [0.4, 0.5) is 11.4 Å². The smallest absolute Gasteiger partial charge is 0.255 e. The van der Waals surface area contributed by atoms with Crippen molar-refractivity contribution in [3.05, 3.63) is 54.1 Å². The second-order valence-corrected chi connectivity index (χ2v) is 8.06. The number of nitrogens with one attached hydrogen (secondary N) is 2. The summed E-state index contributed by atoms with van der Waals surface area (Å²) in [6.45, 7) is 3.71. The average molecular weight is 375 g/mol. The topological polar surface area (TPSA) is 78.5 Å². The number of carbonyl (C=O) groups is 1. The Morgan fingerprint density at radius 1 is 1.04 bits per heavy atom. The maximum absolute atomic E-state index is 12.3. The van der Waals surface area contributed by atoms with Gasteiger partial charge in [-0.15, -0.1) is 0 Å². The van der Waals surface area contributed by atoms with Gasteiger partial charge < -0.3 is 10.2 Å². The summed E-state index contributed by atoms with van der Waals surface area (Å²) in [7, 11) is 0.315. The van der Waals surface area contributed by atoms with Gasteiger partial charge in [0.25, 0.3) is 5.91 Å². The Morgan fingerprint density at radius 3 is 2.12 bits per heavy atom. The SMILES string of the molecule is CCC(C)NS(=O)(=O)c1ccc(C(=O)Nc2ccc(N(C)C)cc2)cc1. The molecule has 26 heavy (non-hydrogen) atoms. The Balaban J connectivity index is 2.09. The fourth-order valence-electron chi connectivity index (χ4n) is 2.25. The molecule has 0 saturated heterocycles. The first-order chi connectivity index (χ1) is 12.2. The summed E-state index contributed by atoms with van der Waals surface area (Å²) in [5, 5.41) is 2.80. The van der Waals surface area contributed by atoms with Gasteiger partial charge in [-0.25, -0.2) is 13.1 Å². The van der Waals surface area contributed by atoms with Crippen LogP contribution in [-0.2, 0) is 10.0 Å². The van der Waals surface area contributed by atoms with Crippen molar-refractivity contribution in [1.29, 1.82) is 0 Å². The van der Waals surface area contributed by atoms with E-state index in [0.717, 1.165) is 5.69 Å². The van der Waals surface area contributed by atoms with Crippen molar-refractivity contribution in [2.45, 2.75) is 31.2 Å². The molecule has 2 aromatic rings. The van der Waals surface area contributed by atoms with Crippen LogP contribution in [-0.4, -0.2) is 34.5 Å². The first-order valence-electron chi connectivity index (χ1n) is 8.44. The number of rotatable bonds is 7. The molecule has 0 heterocycles. The van der Waals surface area contributed by atoms with Crippen molar-refractivity contribution in [3.8, 4) is 0 Å². The van der Waals surface area contributed by atoms with Gasteiger partial charge in [0.15, 0.2) is 0 Å². The third-order valence-electron chi connectivity index (χ3n) is 4.04. The van der Waals surface area contributed by atoms with Gasteiger partial charge in [0.1, 0.15) is 0 Å². The van der Waals surface area contributed by atoms with Crippen LogP contribution in [0.3, 0.4) is 0 Å². The van der Waals surface area contributed by atoms with E-state index in [4.69, 9.17) is 0 Å². The van der Waals surface area contributed by atoms with Crippen LogP contribution in [0.25, 0.3) is 0 Å². The number of amides is 1. The third kappa shape index (κ3) is 5.06. The molecule has 2 rings (SSSR count). The highest BCUT2D eigenvalue weighted by Crippen LogP contribution is 2.17. The number of carbonyl (C=O) groups excluding carboxylic acids is 1. The number of benzene rings is 2. The molecule has 0 aromatic heterocycles. The lowest BCUT2D eigenvalue weighted by Gasteiger charge is -2.13. The molecule has 2 aromatic carbocycles. The molecule has 0 bridgehead atoms. The highest BCUT2D eigenvalue weighted by Gasteiger charge is 2.17. The van der Waals surface area contributed by atoms with Crippen LogP contribution in [0.15, 0.2) is 53.4 Å². The summed E-state index contributed by atoms with van der Waals surface area (Å²) < 4.78 is 27.1. The Bertz CT molecular complexity index is 845. The summed E-state index contributed by atoms with van der Waals surface area (Å²) in [5.41, 5.74) is 2.10. The van der Waals surface area contributed by atoms with Crippen molar-refractivity contribution in [2.75, 3.05) is 24.3 Å². The minimum absolute atomic E-state index is 0.143. The molecule has 140 valence electrons. The first-order valence-corrected chi connectivity index (χ1v) is 9.92. The zero-order valence-corrected chi connectivity index (χ0v) is 16.3. The molecule has 0 aliphatic rings. The Labute approximate surface area is 155 Å². The average Bonchev–Trinajstić information content (AvgIpc) is 2.61. The molecule has 0 aliphatic carbocycles. The predicted octanol–water partition coefficient (Wildman–Crippen LogP) is 3.08. The zero-order valence-electron chi connectivity index (χ0n) is 15.5. The van der Waals surface area contributed by atoms with E-state index in [0.29, 0.717) is 17.7 Å². The molecule has 7 heteroatoms. The summed E-state index contributed by atoms with van der Waals surface area (Å²) in [6, 6.07) is 13.2. The second-order valence-electron chi connectivity index (χ2n) is 6.35. The maximum Gasteiger partial charge on any atom is 0.255 e. The van der Waals surface area contributed by atoms with E-state index in [1.165, 1.54) is 24.3 Å². The number of anilines is 2. The maximum atomic E-state index is 12.3. The lowest BCUT2D eigenvalue weighted by Crippen LogP contribution is -2.32. The number of nitrogens with zero attached hydrogens (tertiary/aromatic N) is 1. The Hall–Kier alpha value is -2.38. The molecule has 0 aliphatic heterocycles. The highest BCUT2D eigenvalue weighted by molar-refractivity contribution is 7.89. The normalized spacial score (nSPS) is 12.5. The van der Waals surface area contributed by atoms with Crippen LogP contribution in [0, 0.1) is 0 Å². The summed E-state index contributed by atoms with van der Waals surface area (Å²) in [5.74, 6) is -0.290. The van der Waals surface area contributed by atoms with Crippen LogP contribution in [0.5, 0.6) is 0 Å². The van der Waals surface area contributed by atoms with Gasteiger partial charge in [0.05, 0.1) is 4.90 Å². The van der Waals surface area contributed by atoms with Gasteiger partial charge in [0, 0.05) is 37.1 Å². The van der Waals surface area contributed by atoms with Gasteiger partial charge in [-0.2, -0.15) is 0 Å². The lowest BCUT2D eigenvalue weighted by atomic mass is 10.2. The second kappa shape index (κ2) is 8.33. The van der Waals surface area contributed by atoms with Gasteiger partial charge >= 0.3 is 0 Å². The molecule has 1 atom stereocenters.